The molecule has 0 spiro atoms. The maximum Gasteiger partial charge on any atom is 0.225 e. The molecule has 0 fully saturated rings. The molecule has 1 atom stereocenters. The summed E-state index contributed by atoms with van der Waals surface area (Å²) in [5.41, 5.74) is 2.70. The van der Waals surface area contributed by atoms with E-state index in [2.05, 4.69) is 31.2 Å². The normalized spacial score (nSPS) is 19.8. The molecule has 0 aromatic heterocycles. The fraction of sp³-hybridized carbons (Fsp3) is 0.500. The van der Waals surface area contributed by atoms with E-state index in [4.69, 9.17) is 0 Å². The Morgan fingerprint density at radius 2 is 2.06 bits per heavy atom. The van der Waals surface area contributed by atoms with Gasteiger partial charge in [0.1, 0.15) is 0 Å². The molecule has 2 rings (SSSR count). The molecule has 0 saturated carbocycles. The van der Waals surface area contributed by atoms with E-state index in [0.717, 1.165) is 13.0 Å². The first-order chi connectivity index (χ1) is 7.61. The van der Waals surface area contributed by atoms with Gasteiger partial charge in [-0.05, 0) is 24.5 Å². The van der Waals surface area contributed by atoms with E-state index in [-0.39, 0.29) is 17.9 Å². The highest BCUT2D eigenvalue weighted by Gasteiger charge is 2.28. The average molecular weight is 217 g/mol. The smallest absolute Gasteiger partial charge is 0.225 e. The minimum absolute atomic E-state index is 0.0905. The molecule has 0 aliphatic carbocycles. The standard InChI is InChI=1S/C14H19NO/c1-10(2)14(16)15-9-8-12-6-4-5-7-13(12)11(15)3/h4-7,10-11H,8-9H2,1-3H3. The lowest BCUT2D eigenvalue weighted by molar-refractivity contribution is -0.137. The van der Waals surface area contributed by atoms with Crippen LogP contribution in [0.1, 0.15) is 37.9 Å². The zero-order chi connectivity index (χ0) is 11.7. The van der Waals surface area contributed by atoms with Gasteiger partial charge >= 0.3 is 0 Å². The zero-order valence-electron chi connectivity index (χ0n) is 10.2. The van der Waals surface area contributed by atoms with Gasteiger partial charge in [0, 0.05) is 12.5 Å². The highest BCUT2D eigenvalue weighted by Crippen LogP contribution is 2.29. The Bertz CT molecular complexity index is 397. The van der Waals surface area contributed by atoms with Gasteiger partial charge in [0.25, 0.3) is 0 Å². The SMILES string of the molecule is CC(C)C(=O)N1CCc2ccccc2C1C. The van der Waals surface area contributed by atoms with Gasteiger partial charge < -0.3 is 4.90 Å². The van der Waals surface area contributed by atoms with Crippen molar-refractivity contribution in [3.8, 4) is 0 Å². The van der Waals surface area contributed by atoms with Crippen LogP contribution in [0.25, 0.3) is 0 Å². The van der Waals surface area contributed by atoms with Crippen molar-refractivity contribution in [3.63, 3.8) is 0 Å². The van der Waals surface area contributed by atoms with E-state index in [1.165, 1.54) is 11.1 Å². The number of carbonyl (C=O) groups excluding carboxylic acids is 1. The number of hydrogen-bond acceptors (Lipinski definition) is 1. The predicted molar refractivity (Wildman–Crippen MR) is 65.1 cm³/mol. The van der Waals surface area contributed by atoms with E-state index in [9.17, 15) is 4.79 Å². The Morgan fingerprint density at radius 1 is 1.38 bits per heavy atom. The average Bonchev–Trinajstić information content (AvgIpc) is 2.29. The molecule has 0 bridgehead atoms. The molecule has 0 N–H and O–H groups in total. The van der Waals surface area contributed by atoms with Crippen molar-refractivity contribution in [2.45, 2.75) is 33.2 Å². The van der Waals surface area contributed by atoms with Gasteiger partial charge in [-0.1, -0.05) is 38.1 Å². The summed E-state index contributed by atoms with van der Waals surface area (Å²) in [6.07, 6.45) is 0.985. The number of carbonyl (C=O) groups is 1. The molecule has 2 nitrogen and oxygen atoms in total. The fourth-order valence-corrected chi connectivity index (χ4v) is 2.40. The van der Waals surface area contributed by atoms with E-state index in [1.807, 2.05) is 18.7 Å². The molecule has 2 heteroatoms. The Hall–Kier alpha value is -1.31. The summed E-state index contributed by atoms with van der Waals surface area (Å²) in [4.78, 5) is 14.1. The molecule has 1 heterocycles. The Morgan fingerprint density at radius 3 is 2.75 bits per heavy atom. The highest BCUT2D eigenvalue weighted by atomic mass is 16.2. The van der Waals surface area contributed by atoms with Crippen molar-refractivity contribution in [2.75, 3.05) is 6.54 Å². The summed E-state index contributed by atoms with van der Waals surface area (Å²) in [7, 11) is 0. The maximum atomic E-state index is 12.0. The van der Waals surface area contributed by atoms with Gasteiger partial charge in [-0.2, -0.15) is 0 Å². The molecule has 1 amide bonds. The number of amides is 1. The second-order valence-electron chi connectivity index (χ2n) is 4.81. The third-order valence-electron chi connectivity index (χ3n) is 3.37. The van der Waals surface area contributed by atoms with E-state index < -0.39 is 0 Å². The molecule has 1 aliphatic rings. The van der Waals surface area contributed by atoms with Gasteiger partial charge in [0.05, 0.1) is 6.04 Å². The van der Waals surface area contributed by atoms with Gasteiger partial charge in [0.15, 0.2) is 0 Å². The number of hydrogen-bond donors (Lipinski definition) is 0. The lowest BCUT2D eigenvalue weighted by Gasteiger charge is -2.36. The van der Waals surface area contributed by atoms with Gasteiger partial charge in [-0.3, -0.25) is 4.79 Å². The third-order valence-corrected chi connectivity index (χ3v) is 3.37. The molecule has 16 heavy (non-hydrogen) atoms. The zero-order valence-corrected chi connectivity index (χ0v) is 10.2. The Labute approximate surface area is 97.3 Å². The first-order valence-corrected chi connectivity index (χ1v) is 5.99. The van der Waals surface area contributed by atoms with Crippen LogP contribution in [-0.4, -0.2) is 17.4 Å². The number of nitrogens with zero attached hydrogens (tertiary/aromatic N) is 1. The second kappa shape index (κ2) is 4.28. The van der Waals surface area contributed by atoms with Crippen molar-refractivity contribution in [1.29, 1.82) is 0 Å². The Balaban J connectivity index is 2.28. The highest BCUT2D eigenvalue weighted by molar-refractivity contribution is 5.79. The van der Waals surface area contributed by atoms with Gasteiger partial charge in [-0.25, -0.2) is 0 Å². The van der Waals surface area contributed by atoms with Crippen LogP contribution in [-0.2, 0) is 11.2 Å². The summed E-state index contributed by atoms with van der Waals surface area (Å²) in [5, 5.41) is 0. The first-order valence-electron chi connectivity index (χ1n) is 5.99. The minimum atomic E-state index is 0.0905. The van der Waals surface area contributed by atoms with E-state index in [0.29, 0.717) is 0 Å². The fourth-order valence-electron chi connectivity index (χ4n) is 2.40. The largest absolute Gasteiger partial charge is 0.335 e. The number of benzene rings is 1. The number of rotatable bonds is 1. The molecule has 1 unspecified atom stereocenters. The van der Waals surface area contributed by atoms with Crippen molar-refractivity contribution in [1.82, 2.24) is 4.90 Å². The summed E-state index contributed by atoms with van der Waals surface area (Å²) in [5.74, 6) is 0.356. The predicted octanol–water partition coefficient (Wildman–Crippen LogP) is 2.79. The third kappa shape index (κ3) is 1.84. The lowest BCUT2D eigenvalue weighted by atomic mass is 9.93. The van der Waals surface area contributed by atoms with Crippen molar-refractivity contribution < 1.29 is 4.79 Å². The van der Waals surface area contributed by atoms with Crippen LogP contribution < -0.4 is 0 Å². The molecule has 0 saturated heterocycles. The molecular weight excluding hydrogens is 198 g/mol. The molecular formula is C14H19NO. The van der Waals surface area contributed by atoms with Crippen molar-refractivity contribution in [2.24, 2.45) is 5.92 Å². The lowest BCUT2D eigenvalue weighted by Crippen LogP contribution is -2.40. The van der Waals surface area contributed by atoms with Crippen molar-refractivity contribution >= 4 is 5.91 Å². The van der Waals surface area contributed by atoms with Crippen molar-refractivity contribution in [3.05, 3.63) is 35.4 Å². The minimum Gasteiger partial charge on any atom is -0.335 e. The maximum absolute atomic E-state index is 12.0. The van der Waals surface area contributed by atoms with Crippen LogP contribution in [0.4, 0.5) is 0 Å². The number of fused-ring (bicyclic) bond motifs is 1. The first kappa shape index (κ1) is 11.2. The summed E-state index contributed by atoms with van der Waals surface area (Å²) >= 11 is 0. The molecule has 0 radical (unpaired) electrons. The van der Waals surface area contributed by atoms with E-state index >= 15 is 0 Å². The van der Waals surface area contributed by atoms with Crippen LogP contribution in [0.5, 0.6) is 0 Å². The van der Waals surface area contributed by atoms with E-state index in [1.54, 1.807) is 0 Å². The van der Waals surface area contributed by atoms with Crippen LogP contribution >= 0.6 is 0 Å². The molecule has 86 valence electrons. The van der Waals surface area contributed by atoms with Crippen LogP contribution in [0.3, 0.4) is 0 Å². The Kier molecular flexibility index (Phi) is 2.99. The quantitative estimate of drug-likeness (QED) is 0.708. The van der Waals surface area contributed by atoms with Crippen LogP contribution in [0.2, 0.25) is 0 Å². The monoisotopic (exact) mass is 217 g/mol. The van der Waals surface area contributed by atoms with Gasteiger partial charge in [0.2, 0.25) is 5.91 Å². The van der Waals surface area contributed by atoms with Crippen LogP contribution in [0.15, 0.2) is 24.3 Å². The molecule has 1 aromatic rings. The molecule has 1 aromatic carbocycles. The molecule has 1 aliphatic heterocycles. The van der Waals surface area contributed by atoms with Gasteiger partial charge in [-0.15, -0.1) is 0 Å². The summed E-state index contributed by atoms with van der Waals surface area (Å²) in [6.45, 7) is 6.92. The summed E-state index contributed by atoms with van der Waals surface area (Å²) in [6, 6.07) is 8.66. The summed E-state index contributed by atoms with van der Waals surface area (Å²) < 4.78 is 0. The van der Waals surface area contributed by atoms with Crippen LogP contribution in [0, 0.1) is 5.92 Å². The topological polar surface area (TPSA) is 20.3 Å². The second-order valence-corrected chi connectivity index (χ2v) is 4.81.